The van der Waals surface area contributed by atoms with Crippen LogP contribution < -0.4 is 0 Å². The molecule has 1 aromatic rings. The average Bonchev–Trinajstić information content (AvgIpc) is 2.68. The largest absolute Gasteiger partial charge is 0.396 e. The minimum Gasteiger partial charge on any atom is -0.396 e. The zero-order valence-electron chi connectivity index (χ0n) is 15.3. The van der Waals surface area contributed by atoms with Gasteiger partial charge < -0.3 is 14.7 Å². The second-order valence-corrected chi connectivity index (χ2v) is 7.71. The Morgan fingerprint density at radius 1 is 1.28 bits per heavy atom. The van der Waals surface area contributed by atoms with E-state index in [0.29, 0.717) is 0 Å². The quantitative estimate of drug-likeness (QED) is 0.892. The fraction of sp³-hybridized carbons (Fsp3) is 0.667. The summed E-state index contributed by atoms with van der Waals surface area (Å²) in [6, 6.07) is 10.4. The van der Waals surface area contributed by atoms with Crippen LogP contribution >= 0.6 is 0 Å². The number of carbonyl (C=O) groups excluding carboxylic acids is 1. The third-order valence-corrected chi connectivity index (χ3v) is 6.05. The van der Waals surface area contributed by atoms with Gasteiger partial charge in [-0.3, -0.25) is 4.79 Å². The number of benzene rings is 1. The molecule has 25 heavy (non-hydrogen) atoms. The van der Waals surface area contributed by atoms with E-state index in [2.05, 4.69) is 19.1 Å². The van der Waals surface area contributed by atoms with Crippen LogP contribution in [0, 0.1) is 11.3 Å². The van der Waals surface area contributed by atoms with Crippen LogP contribution in [0.4, 0.5) is 0 Å². The maximum Gasteiger partial charge on any atom is 0.228 e. The lowest BCUT2D eigenvalue weighted by atomic mass is 9.74. The minimum absolute atomic E-state index is 0.0227. The Bertz CT molecular complexity index is 552. The van der Waals surface area contributed by atoms with E-state index in [9.17, 15) is 9.90 Å². The first-order valence-corrected chi connectivity index (χ1v) is 9.72. The summed E-state index contributed by atoms with van der Waals surface area (Å²) >= 11 is 0. The highest BCUT2D eigenvalue weighted by Gasteiger charge is 2.39. The van der Waals surface area contributed by atoms with E-state index in [1.807, 2.05) is 23.1 Å². The van der Waals surface area contributed by atoms with Crippen molar-refractivity contribution >= 4 is 5.91 Å². The SMILES string of the molecule is CC[C@@H]1OCCC[C@H]1C(=O)N1CCC(CO)(Cc2ccccc2)CC1. The summed E-state index contributed by atoms with van der Waals surface area (Å²) in [5.41, 5.74) is 1.17. The van der Waals surface area contributed by atoms with Crippen molar-refractivity contribution in [3.05, 3.63) is 35.9 Å². The van der Waals surface area contributed by atoms with E-state index in [4.69, 9.17) is 4.74 Å². The third-order valence-electron chi connectivity index (χ3n) is 6.05. The second kappa shape index (κ2) is 8.33. The lowest BCUT2D eigenvalue weighted by Gasteiger charge is -2.43. The maximum absolute atomic E-state index is 13.0. The average molecular weight is 345 g/mol. The van der Waals surface area contributed by atoms with Crippen molar-refractivity contribution in [2.75, 3.05) is 26.3 Å². The molecule has 2 heterocycles. The van der Waals surface area contributed by atoms with Crippen LogP contribution in [0.1, 0.15) is 44.6 Å². The number of piperidine rings is 1. The number of hydrogen-bond donors (Lipinski definition) is 1. The van der Waals surface area contributed by atoms with Crippen LogP contribution in [0.3, 0.4) is 0 Å². The zero-order valence-corrected chi connectivity index (χ0v) is 15.3. The molecule has 2 saturated heterocycles. The number of carbonyl (C=O) groups is 1. The molecule has 2 aliphatic rings. The molecular weight excluding hydrogens is 314 g/mol. The molecule has 0 aromatic heterocycles. The summed E-state index contributed by atoms with van der Waals surface area (Å²) in [6.45, 7) is 4.57. The van der Waals surface area contributed by atoms with Crippen LogP contribution in [0.25, 0.3) is 0 Å². The van der Waals surface area contributed by atoms with Gasteiger partial charge in [0.1, 0.15) is 0 Å². The van der Waals surface area contributed by atoms with E-state index in [1.165, 1.54) is 5.56 Å². The molecule has 4 nitrogen and oxygen atoms in total. The van der Waals surface area contributed by atoms with Gasteiger partial charge in [-0.05, 0) is 44.1 Å². The van der Waals surface area contributed by atoms with Crippen LogP contribution in [0.15, 0.2) is 30.3 Å². The first-order valence-electron chi connectivity index (χ1n) is 9.72. The lowest BCUT2D eigenvalue weighted by Crippen LogP contribution is -2.50. The monoisotopic (exact) mass is 345 g/mol. The lowest BCUT2D eigenvalue weighted by molar-refractivity contribution is -0.148. The summed E-state index contributed by atoms with van der Waals surface area (Å²) in [4.78, 5) is 15.0. The normalized spacial score (nSPS) is 26.4. The van der Waals surface area contributed by atoms with Crippen LogP contribution in [0.2, 0.25) is 0 Å². The molecule has 0 radical (unpaired) electrons. The van der Waals surface area contributed by atoms with Gasteiger partial charge in [0, 0.05) is 31.7 Å². The summed E-state index contributed by atoms with van der Waals surface area (Å²) in [5.74, 6) is 0.285. The summed E-state index contributed by atoms with van der Waals surface area (Å²) in [6.07, 6.45) is 5.53. The molecule has 0 bridgehead atoms. The van der Waals surface area contributed by atoms with E-state index in [-0.39, 0.29) is 30.0 Å². The number of aliphatic hydroxyl groups excluding tert-OH is 1. The smallest absolute Gasteiger partial charge is 0.228 e. The van der Waals surface area contributed by atoms with Crippen LogP contribution in [-0.2, 0) is 16.0 Å². The van der Waals surface area contributed by atoms with E-state index in [1.54, 1.807) is 0 Å². The molecule has 0 spiro atoms. The molecule has 1 N–H and O–H groups in total. The van der Waals surface area contributed by atoms with Crippen molar-refractivity contribution in [2.24, 2.45) is 11.3 Å². The third kappa shape index (κ3) is 4.24. The van der Waals surface area contributed by atoms with Crippen molar-refractivity contribution < 1.29 is 14.6 Å². The zero-order chi connectivity index (χ0) is 17.7. The second-order valence-electron chi connectivity index (χ2n) is 7.71. The Balaban J connectivity index is 1.60. The molecule has 138 valence electrons. The van der Waals surface area contributed by atoms with Gasteiger partial charge in [-0.1, -0.05) is 37.3 Å². The topological polar surface area (TPSA) is 49.8 Å². The van der Waals surface area contributed by atoms with Crippen LogP contribution in [0.5, 0.6) is 0 Å². The minimum atomic E-state index is -0.0919. The standard InChI is InChI=1S/C21H31NO3/c1-2-19-18(9-6-14-25-19)20(24)22-12-10-21(16-23,11-13-22)15-17-7-4-3-5-8-17/h3-5,7-8,18-19,23H,2,6,9-16H2,1H3/t18-,19+/m1/s1. The highest BCUT2D eigenvalue weighted by atomic mass is 16.5. The molecule has 3 rings (SSSR count). The van der Waals surface area contributed by atoms with E-state index < -0.39 is 0 Å². The molecule has 1 amide bonds. The Morgan fingerprint density at radius 3 is 2.64 bits per heavy atom. The summed E-state index contributed by atoms with van der Waals surface area (Å²) in [7, 11) is 0. The van der Waals surface area contributed by atoms with Gasteiger partial charge in [-0.2, -0.15) is 0 Å². The molecule has 2 fully saturated rings. The molecule has 2 atom stereocenters. The Hall–Kier alpha value is -1.39. The molecule has 0 aliphatic carbocycles. The van der Waals surface area contributed by atoms with Gasteiger partial charge in [0.2, 0.25) is 5.91 Å². The van der Waals surface area contributed by atoms with Crippen molar-refractivity contribution in [1.29, 1.82) is 0 Å². The number of nitrogens with zero attached hydrogens (tertiary/aromatic N) is 1. The number of ether oxygens (including phenoxy) is 1. The van der Waals surface area contributed by atoms with Gasteiger partial charge in [-0.15, -0.1) is 0 Å². The summed E-state index contributed by atoms with van der Waals surface area (Å²) < 4.78 is 5.81. The fourth-order valence-electron chi connectivity index (χ4n) is 4.38. The molecule has 0 saturated carbocycles. The van der Waals surface area contributed by atoms with Gasteiger partial charge >= 0.3 is 0 Å². The Morgan fingerprint density at radius 2 is 2.00 bits per heavy atom. The maximum atomic E-state index is 13.0. The van der Waals surface area contributed by atoms with Gasteiger partial charge in [0.15, 0.2) is 0 Å². The van der Waals surface area contributed by atoms with Crippen molar-refractivity contribution in [2.45, 2.75) is 51.6 Å². The predicted molar refractivity (Wildman–Crippen MR) is 98.2 cm³/mol. The van der Waals surface area contributed by atoms with Gasteiger partial charge in [0.05, 0.1) is 12.0 Å². The highest BCUT2D eigenvalue weighted by Crippen LogP contribution is 2.36. The van der Waals surface area contributed by atoms with Crippen molar-refractivity contribution in [3.63, 3.8) is 0 Å². The number of amides is 1. The molecule has 2 aliphatic heterocycles. The van der Waals surface area contributed by atoms with Crippen molar-refractivity contribution in [3.8, 4) is 0 Å². The van der Waals surface area contributed by atoms with Crippen LogP contribution in [-0.4, -0.2) is 48.3 Å². The van der Waals surface area contributed by atoms with E-state index >= 15 is 0 Å². The molecule has 4 heteroatoms. The number of likely N-dealkylation sites (tertiary alicyclic amines) is 1. The number of hydrogen-bond acceptors (Lipinski definition) is 3. The molecule has 1 aromatic carbocycles. The van der Waals surface area contributed by atoms with Crippen molar-refractivity contribution in [1.82, 2.24) is 4.90 Å². The van der Waals surface area contributed by atoms with E-state index in [0.717, 1.165) is 58.2 Å². The molecular formula is C21H31NO3. The molecule has 0 unspecified atom stereocenters. The first-order chi connectivity index (χ1) is 12.2. The highest BCUT2D eigenvalue weighted by molar-refractivity contribution is 5.79. The Kier molecular flexibility index (Phi) is 6.13. The summed E-state index contributed by atoms with van der Waals surface area (Å²) in [5, 5.41) is 10.0. The Labute approximate surface area is 151 Å². The van der Waals surface area contributed by atoms with Gasteiger partial charge in [-0.25, -0.2) is 0 Å². The predicted octanol–water partition coefficient (Wildman–Crippen LogP) is 3.04. The number of aliphatic hydroxyl groups is 1. The fourth-order valence-corrected chi connectivity index (χ4v) is 4.38. The van der Waals surface area contributed by atoms with Gasteiger partial charge in [0.25, 0.3) is 0 Å². The number of rotatable bonds is 5. The first kappa shape index (κ1) is 18.4.